The number of rotatable bonds is 6. The molecule has 0 aliphatic heterocycles. The lowest BCUT2D eigenvalue weighted by molar-refractivity contribution is -0.117. The zero-order chi connectivity index (χ0) is 18.4. The third-order valence-corrected chi connectivity index (χ3v) is 4.35. The van der Waals surface area contributed by atoms with Gasteiger partial charge in [0.1, 0.15) is 0 Å². The number of amides is 2. The van der Waals surface area contributed by atoms with Crippen molar-refractivity contribution in [1.29, 1.82) is 0 Å². The molecule has 0 unspecified atom stereocenters. The number of para-hydroxylation sites is 1. The van der Waals surface area contributed by atoms with Crippen molar-refractivity contribution in [3.05, 3.63) is 58.1 Å². The zero-order valence-electron chi connectivity index (χ0n) is 14.2. The second-order valence-corrected chi connectivity index (χ2v) is 6.42. The molecule has 4 nitrogen and oxygen atoms in total. The minimum Gasteiger partial charge on any atom is -0.326 e. The highest BCUT2D eigenvalue weighted by molar-refractivity contribution is 6.36. The molecule has 0 aromatic heterocycles. The normalized spacial score (nSPS) is 10.4. The Morgan fingerprint density at radius 1 is 1.12 bits per heavy atom. The summed E-state index contributed by atoms with van der Waals surface area (Å²) in [5, 5.41) is 3.77. The number of halogens is 2. The molecule has 2 rings (SSSR count). The highest BCUT2D eigenvalue weighted by Crippen LogP contribution is 2.29. The molecule has 0 radical (unpaired) electrons. The van der Waals surface area contributed by atoms with Crippen molar-refractivity contribution in [2.75, 3.05) is 16.8 Å². The zero-order valence-corrected chi connectivity index (χ0v) is 15.7. The fourth-order valence-corrected chi connectivity index (χ4v) is 3.03. The number of hydrogen-bond acceptors (Lipinski definition) is 2. The molecular formula is C19H20Cl2N2O2. The van der Waals surface area contributed by atoms with E-state index in [4.69, 9.17) is 23.2 Å². The first-order chi connectivity index (χ1) is 11.9. The van der Waals surface area contributed by atoms with Crippen molar-refractivity contribution in [3.8, 4) is 0 Å². The van der Waals surface area contributed by atoms with Crippen LogP contribution in [-0.2, 0) is 16.0 Å². The summed E-state index contributed by atoms with van der Waals surface area (Å²) < 4.78 is 0. The van der Waals surface area contributed by atoms with Gasteiger partial charge in [0.15, 0.2) is 0 Å². The lowest BCUT2D eigenvalue weighted by atomic mass is 10.1. The highest BCUT2D eigenvalue weighted by atomic mass is 35.5. The Bertz CT molecular complexity index is 778. The van der Waals surface area contributed by atoms with E-state index in [1.54, 1.807) is 18.2 Å². The molecule has 2 aromatic rings. The maximum atomic E-state index is 12.3. The number of aryl methyl sites for hydroxylation is 1. The predicted octanol–water partition coefficient (Wildman–Crippen LogP) is 4.94. The van der Waals surface area contributed by atoms with Gasteiger partial charge in [-0.1, -0.05) is 48.3 Å². The highest BCUT2D eigenvalue weighted by Gasteiger charge is 2.17. The first-order valence-electron chi connectivity index (χ1n) is 8.03. The number of carbonyl (C=O) groups excluding carboxylic acids is 2. The molecule has 25 heavy (non-hydrogen) atoms. The molecule has 0 saturated heterocycles. The third-order valence-electron chi connectivity index (χ3n) is 3.82. The van der Waals surface area contributed by atoms with Crippen LogP contribution < -0.4 is 10.2 Å². The average molecular weight is 379 g/mol. The van der Waals surface area contributed by atoms with Gasteiger partial charge in [0.25, 0.3) is 0 Å². The Kier molecular flexibility index (Phi) is 6.85. The van der Waals surface area contributed by atoms with E-state index in [9.17, 15) is 9.59 Å². The van der Waals surface area contributed by atoms with E-state index in [1.165, 1.54) is 11.8 Å². The van der Waals surface area contributed by atoms with E-state index in [0.717, 1.165) is 17.7 Å². The molecule has 0 aliphatic rings. The maximum Gasteiger partial charge on any atom is 0.226 e. The topological polar surface area (TPSA) is 49.4 Å². The van der Waals surface area contributed by atoms with Crippen LogP contribution in [0.25, 0.3) is 0 Å². The van der Waals surface area contributed by atoms with Crippen molar-refractivity contribution >= 4 is 46.4 Å². The van der Waals surface area contributed by atoms with Gasteiger partial charge in [-0.3, -0.25) is 9.59 Å². The van der Waals surface area contributed by atoms with Crippen molar-refractivity contribution in [2.45, 2.75) is 26.7 Å². The summed E-state index contributed by atoms with van der Waals surface area (Å²) in [6, 6.07) is 12.6. The molecule has 0 saturated carbocycles. The Morgan fingerprint density at radius 2 is 1.84 bits per heavy atom. The molecular weight excluding hydrogens is 359 g/mol. The van der Waals surface area contributed by atoms with Crippen LogP contribution in [0.2, 0.25) is 10.0 Å². The minimum atomic E-state index is -0.189. The Labute approximate surface area is 157 Å². The van der Waals surface area contributed by atoms with E-state index >= 15 is 0 Å². The lowest BCUT2D eigenvalue weighted by Crippen LogP contribution is -2.32. The van der Waals surface area contributed by atoms with Gasteiger partial charge < -0.3 is 10.2 Å². The number of benzene rings is 2. The van der Waals surface area contributed by atoms with E-state index in [-0.39, 0.29) is 24.8 Å². The van der Waals surface area contributed by atoms with Gasteiger partial charge in [-0.2, -0.15) is 0 Å². The largest absolute Gasteiger partial charge is 0.326 e. The molecule has 0 bridgehead atoms. The Hall–Kier alpha value is -2.04. The molecule has 1 N–H and O–H groups in total. The van der Waals surface area contributed by atoms with Gasteiger partial charge in [-0.05, 0) is 36.2 Å². The summed E-state index contributed by atoms with van der Waals surface area (Å²) in [6.45, 7) is 3.71. The lowest BCUT2D eigenvalue weighted by Gasteiger charge is -2.22. The number of hydrogen-bond donors (Lipinski definition) is 1. The van der Waals surface area contributed by atoms with Crippen molar-refractivity contribution in [1.82, 2.24) is 0 Å². The maximum absolute atomic E-state index is 12.3. The van der Waals surface area contributed by atoms with Gasteiger partial charge in [0, 0.05) is 30.6 Å². The van der Waals surface area contributed by atoms with E-state index in [1.807, 2.05) is 31.2 Å². The first kappa shape index (κ1) is 19.3. The molecule has 6 heteroatoms. The predicted molar refractivity (Wildman–Crippen MR) is 104 cm³/mol. The summed E-state index contributed by atoms with van der Waals surface area (Å²) >= 11 is 12.1. The summed E-state index contributed by atoms with van der Waals surface area (Å²) in [5.41, 5.74) is 2.41. The summed E-state index contributed by atoms with van der Waals surface area (Å²) in [6.07, 6.45) is 0.993. The van der Waals surface area contributed by atoms with Crippen molar-refractivity contribution in [2.24, 2.45) is 0 Å². The smallest absolute Gasteiger partial charge is 0.226 e. The summed E-state index contributed by atoms with van der Waals surface area (Å²) in [4.78, 5) is 25.7. The van der Waals surface area contributed by atoms with E-state index in [0.29, 0.717) is 15.7 Å². The molecule has 132 valence electrons. The van der Waals surface area contributed by atoms with Crippen LogP contribution in [0.3, 0.4) is 0 Å². The van der Waals surface area contributed by atoms with Gasteiger partial charge >= 0.3 is 0 Å². The van der Waals surface area contributed by atoms with Crippen LogP contribution in [0.15, 0.2) is 42.5 Å². The van der Waals surface area contributed by atoms with Crippen molar-refractivity contribution in [3.63, 3.8) is 0 Å². The minimum absolute atomic E-state index is 0.155. The van der Waals surface area contributed by atoms with Gasteiger partial charge in [0.05, 0.1) is 10.7 Å². The second-order valence-electron chi connectivity index (χ2n) is 5.58. The quantitative estimate of drug-likeness (QED) is 0.773. The van der Waals surface area contributed by atoms with Crippen LogP contribution in [-0.4, -0.2) is 18.4 Å². The fourth-order valence-electron chi connectivity index (χ4n) is 2.52. The van der Waals surface area contributed by atoms with E-state index in [2.05, 4.69) is 5.32 Å². The molecule has 0 heterocycles. The van der Waals surface area contributed by atoms with Crippen LogP contribution >= 0.6 is 23.2 Å². The third kappa shape index (κ3) is 5.21. The molecule has 0 aliphatic carbocycles. The van der Waals surface area contributed by atoms with Crippen LogP contribution in [0.1, 0.15) is 25.8 Å². The Balaban J connectivity index is 2.06. The first-order valence-corrected chi connectivity index (χ1v) is 8.79. The van der Waals surface area contributed by atoms with Crippen molar-refractivity contribution < 1.29 is 9.59 Å². The van der Waals surface area contributed by atoms with Crippen LogP contribution in [0.4, 0.5) is 11.4 Å². The summed E-state index contributed by atoms with van der Waals surface area (Å²) in [7, 11) is 0. The monoisotopic (exact) mass is 378 g/mol. The number of carbonyl (C=O) groups is 2. The molecule has 2 amide bonds. The SMILES string of the molecule is CCc1ccccc1NC(=O)CCN(C(C)=O)c1ccc(Cl)cc1Cl. The van der Waals surface area contributed by atoms with Crippen LogP contribution in [0.5, 0.6) is 0 Å². The number of anilines is 2. The standard InChI is InChI=1S/C19H20Cl2N2O2/c1-3-14-6-4-5-7-17(14)22-19(25)10-11-23(13(2)24)18-9-8-15(20)12-16(18)21/h4-9,12H,3,10-11H2,1-2H3,(H,22,25). The number of nitrogens with one attached hydrogen (secondary N) is 1. The fraction of sp³-hybridized carbons (Fsp3) is 0.263. The Morgan fingerprint density at radius 3 is 2.48 bits per heavy atom. The molecule has 2 aromatic carbocycles. The summed E-state index contributed by atoms with van der Waals surface area (Å²) in [5.74, 6) is -0.344. The van der Waals surface area contributed by atoms with Gasteiger partial charge in [-0.25, -0.2) is 0 Å². The molecule has 0 spiro atoms. The second kappa shape index (κ2) is 8.88. The number of nitrogens with zero attached hydrogens (tertiary/aromatic N) is 1. The van der Waals surface area contributed by atoms with E-state index < -0.39 is 0 Å². The molecule has 0 fully saturated rings. The average Bonchev–Trinajstić information content (AvgIpc) is 2.57. The van der Waals surface area contributed by atoms with Gasteiger partial charge in [-0.15, -0.1) is 0 Å². The van der Waals surface area contributed by atoms with Gasteiger partial charge in [0.2, 0.25) is 11.8 Å². The molecule has 0 atom stereocenters. The van der Waals surface area contributed by atoms with Crippen LogP contribution in [0, 0.1) is 0 Å².